The van der Waals surface area contributed by atoms with Crippen molar-refractivity contribution in [3.05, 3.63) is 188 Å². The highest BCUT2D eigenvalue weighted by molar-refractivity contribution is 5.91. The third kappa shape index (κ3) is 6.01. The fourth-order valence-corrected chi connectivity index (χ4v) is 7.05. The number of hydrogen-bond acceptors (Lipinski definition) is 2. The SMILES string of the molecule is CC(C)(C)c1c(-c2cccc(N(c3ccc(-c4ccccc4)cc3)c3ccc(-c4ccccc4-c4ccccc4)cc3)c2)oc2ccccc12. The van der Waals surface area contributed by atoms with E-state index in [0.29, 0.717) is 0 Å². The van der Waals surface area contributed by atoms with Crippen molar-refractivity contribution in [3.8, 4) is 44.7 Å². The fraction of sp³-hybridized carbons (Fsp3) is 0.0833. The number of benzene rings is 7. The van der Waals surface area contributed by atoms with Crippen LogP contribution in [0.15, 0.2) is 186 Å². The summed E-state index contributed by atoms with van der Waals surface area (Å²) in [7, 11) is 0. The topological polar surface area (TPSA) is 16.4 Å². The minimum absolute atomic E-state index is 0.100. The third-order valence-electron chi connectivity index (χ3n) is 9.39. The second-order valence-corrected chi connectivity index (χ2v) is 13.8. The lowest BCUT2D eigenvalue weighted by molar-refractivity contribution is 0.568. The Morgan fingerprint density at radius 3 is 1.50 bits per heavy atom. The Morgan fingerprint density at radius 2 is 0.880 bits per heavy atom. The van der Waals surface area contributed by atoms with Gasteiger partial charge in [0.15, 0.2) is 0 Å². The van der Waals surface area contributed by atoms with Crippen LogP contribution in [0, 0.1) is 0 Å². The van der Waals surface area contributed by atoms with Crippen molar-refractivity contribution in [2.75, 3.05) is 4.90 Å². The number of hydrogen-bond donors (Lipinski definition) is 0. The molecule has 0 aliphatic heterocycles. The van der Waals surface area contributed by atoms with E-state index < -0.39 is 0 Å². The van der Waals surface area contributed by atoms with Gasteiger partial charge in [-0.15, -0.1) is 0 Å². The summed E-state index contributed by atoms with van der Waals surface area (Å²) in [5.74, 6) is 0.924. The van der Waals surface area contributed by atoms with Crippen LogP contribution >= 0.6 is 0 Å². The summed E-state index contributed by atoms with van der Waals surface area (Å²) in [4.78, 5) is 2.34. The molecule has 7 aromatic carbocycles. The molecule has 0 bridgehead atoms. The first-order chi connectivity index (χ1) is 24.4. The molecule has 2 heteroatoms. The molecule has 0 N–H and O–H groups in total. The van der Waals surface area contributed by atoms with Gasteiger partial charge in [-0.05, 0) is 81.3 Å². The van der Waals surface area contributed by atoms with Gasteiger partial charge in [0.25, 0.3) is 0 Å². The summed E-state index contributed by atoms with van der Waals surface area (Å²) in [6.07, 6.45) is 0. The summed E-state index contributed by atoms with van der Waals surface area (Å²) < 4.78 is 6.62. The zero-order chi connectivity index (χ0) is 34.1. The number of fused-ring (bicyclic) bond motifs is 1. The zero-order valence-corrected chi connectivity index (χ0v) is 28.7. The maximum absolute atomic E-state index is 6.62. The van der Waals surface area contributed by atoms with Crippen molar-refractivity contribution in [1.29, 1.82) is 0 Å². The van der Waals surface area contributed by atoms with Crippen LogP contribution in [0.4, 0.5) is 17.1 Å². The number of para-hydroxylation sites is 1. The van der Waals surface area contributed by atoms with Crippen LogP contribution in [0.1, 0.15) is 26.3 Å². The molecule has 50 heavy (non-hydrogen) atoms. The van der Waals surface area contributed by atoms with E-state index in [1.807, 2.05) is 6.07 Å². The van der Waals surface area contributed by atoms with Gasteiger partial charge < -0.3 is 9.32 Å². The van der Waals surface area contributed by atoms with Gasteiger partial charge in [0.05, 0.1) is 0 Å². The van der Waals surface area contributed by atoms with E-state index >= 15 is 0 Å². The minimum Gasteiger partial charge on any atom is -0.456 e. The molecule has 0 aliphatic carbocycles. The molecule has 8 rings (SSSR count). The monoisotopic (exact) mass is 645 g/mol. The molecule has 2 nitrogen and oxygen atoms in total. The molecule has 0 saturated heterocycles. The quantitative estimate of drug-likeness (QED) is 0.171. The van der Waals surface area contributed by atoms with E-state index in [0.717, 1.165) is 34.0 Å². The highest BCUT2D eigenvalue weighted by Gasteiger charge is 2.26. The second-order valence-electron chi connectivity index (χ2n) is 13.8. The Kier molecular flexibility index (Phi) is 8.14. The number of furan rings is 1. The predicted octanol–water partition coefficient (Wildman–Crippen LogP) is 13.9. The Hall–Kier alpha value is -6.12. The molecule has 0 saturated carbocycles. The van der Waals surface area contributed by atoms with E-state index in [1.54, 1.807) is 0 Å². The van der Waals surface area contributed by atoms with Gasteiger partial charge in [0, 0.05) is 33.6 Å². The van der Waals surface area contributed by atoms with Gasteiger partial charge >= 0.3 is 0 Å². The van der Waals surface area contributed by atoms with Crippen LogP contribution in [-0.2, 0) is 5.41 Å². The molecule has 0 spiro atoms. The van der Waals surface area contributed by atoms with Gasteiger partial charge in [-0.3, -0.25) is 0 Å². The summed E-state index contributed by atoms with van der Waals surface area (Å²) in [5, 5.41) is 1.17. The van der Waals surface area contributed by atoms with Gasteiger partial charge in [-0.1, -0.05) is 160 Å². The van der Waals surface area contributed by atoms with E-state index in [4.69, 9.17) is 4.42 Å². The molecular formula is C48H39NO. The molecule has 0 atom stereocenters. The molecule has 0 aliphatic rings. The summed E-state index contributed by atoms with van der Waals surface area (Å²) >= 11 is 0. The highest BCUT2D eigenvalue weighted by Crippen LogP contribution is 2.44. The predicted molar refractivity (Wildman–Crippen MR) is 211 cm³/mol. The van der Waals surface area contributed by atoms with E-state index in [2.05, 4.69) is 202 Å². The van der Waals surface area contributed by atoms with Crippen LogP contribution in [0.2, 0.25) is 0 Å². The van der Waals surface area contributed by atoms with Gasteiger partial charge in [0.2, 0.25) is 0 Å². The standard InChI is InChI=1S/C48H39NO/c1-48(2,3)46-44-23-12-13-24-45(44)50-47(46)38-19-14-20-41(33-38)49(39-29-25-35(26-30-39)34-15-6-4-7-16-34)40-31-27-37(28-32-40)43-22-11-10-21-42(43)36-17-8-5-9-18-36/h4-33H,1-3H3. The average molecular weight is 646 g/mol. The number of rotatable bonds is 7. The first-order valence-corrected chi connectivity index (χ1v) is 17.3. The van der Waals surface area contributed by atoms with Crippen molar-refractivity contribution >= 4 is 28.0 Å². The van der Waals surface area contributed by atoms with E-state index in [-0.39, 0.29) is 5.41 Å². The van der Waals surface area contributed by atoms with Gasteiger partial charge in [0.1, 0.15) is 11.3 Å². The lowest BCUT2D eigenvalue weighted by atomic mass is 9.83. The molecular weight excluding hydrogens is 607 g/mol. The molecule has 0 radical (unpaired) electrons. The van der Waals surface area contributed by atoms with Crippen LogP contribution in [0.5, 0.6) is 0 Å². The van der Waals surface area contributed by atoms with Crippen LogP contribution in [0.3, 0.4) is 0 Å². The summed E-state index contributed by atoms with van der Waals surface area (Å²) in [6.45, 7) is 6.78. The largest absolute Gasteiger partial charge is 0.456 e. The van der Waals surface area contributed by atoms with E-state index in [1.165, 1.54) is 44.3 Å². The van der Waals surface area contributed by atoms with Gasteiger partial charge in [-0.25, -0.2) is 0 Å². The van der Waals surface area contributed by atoms with Crippen LogP contribution in [-0.4, -0.2) is 0 Å². The van der Waals surface area contributed by atoms with Crippen molar-refractivity contribution in [2.24, 2.45) is 0 Å². The minimum atomic E-state index is -0.100. The summed E-state index contributed by atoms with van der Waals surface area (Å²) in [5.41, 5.74) is 13.5. The second kappa shape index (κ2) is 13.1. The number of nitrogens with zero attached hydrogens (tertiary/aromatic N) is 1. The first-order valence-electron chi connectivity index (χ1n) is 17.3. The van der Waals surface area contributed by atoms with Crippen molar-refractivity contribution in [3.63, 3.8) is 0 Å². The zero-order valence-electron chi connectivity index (χ0n) is 28.7. The van der Waals surface area contributed by atoms with Gasteiger partial charge in [-0.2, -0.15) is 0 Å². The van der Waals surface area contributed by atoms with Crippen molar-refractivity contribution in [2.45, 2.75) is 26.2 Å². The highest BCUT2D eigenvalue weighted by atomic mass is 16.3. The Balaban J connectivity index is 1.24. The van der Waals surface area contributed by atoms with Crippen LogP contribution < -0.4 is 4.90 Å². The Labute approximate surface area is 294 Å². The molecule has 0 fully saturated rings. The van der Waals surface area contributed by atoms with E-state index in [9.17, 15) is 0 Å². The normalized spacial score (nSPS) is 11.5. The fourth-order valence-electron chi connectivity index (χ4n) is 7.05. The maximum Gasteiger partial charge on any atom is 0.139 e. The molecule has 242 valence electrons. The van der Waals surface area contributed by atoms with Crippen molar-refractivity contribution < 1.29 is 4.42 Å². The average Bonchev–Trinajstić information content (AvgIpc) is 3.57. The van der Waals surface area contributed by atoms with Crippen LogP contribution in [0.25, 0.3) is 55.7 Å². The summed E-state index contributed by atoms with van der Waals surface area (Å²) in [6, 6.07) is 64.7. The molecule has 8 aromatic rings. The van der Waals surface area contributed by atoms with Crippen molar-refractivity contribution in [1.82, 2.24) is 0 Å². The number of anilines is 3. The lowest BCUT2D eigenvalue weighted by Gasteiger charge is -2.27. The first kappa shape index (κ1) is 31.2. The molecule has 1 heterocycles. The maximum atomic E-state index is 6.62. The third-order valence-corrected chi connectivity index (χ3v) is 9.39. The molecule has 1 aromatic heterocycles. The Bertz CT molecular complexity index is 2380. The lowest BCUT2D eigenvalue weighted by Crippen LogP contribution is -2.12. The Morgan fingerprint density at radius 1 is 0.400 bits per heavy atom. The molecule has 0 unspecified atom stereocenters. The molecule has 0 amide bonds. The smallest absolute Gasteiger partial charge is 0.139 e.